The number of hydrogen-bond donors (Lipinski definition) is 0. The van der Waals surface area contributed by atoms with E-state index in [0.29, 0.717) is 4.47 Å². The summed E-state index contributed by atoms with van der Waals surface area (Å²) in [6.45, 7) is 1.91. The summed E-state index contributed by atoms with van der Waals surface area (Å²) >= 11 is 8.74. The van der Waals surface area contributed by atoms with Gasteiger partial charge in [-0.15, -0.1) is 11.6 Å². The van der Waals surface area contributed by atoms with Crippen LogP contribution < -0.4 is 0 Å². The molecular formula is C11H11BrClF2NO2. The van der Waals surface area contributed by atoms with Gasteiger partial charge in [-0.05, 0) is 13.0 Å². The van der Waals surface area contributed by atoms with Gasteiger partial charge in [0.2, 0.25) is 0 Å². The second-order valence-corrected chi connectivity index (χ2v) is 4.50. The van der Waals surface area contributed by atoms with E-state index in [1.807, 2.05) is 0 Å². The first-order valence-electron chi connectivity index (χ1n) is 5.17. The molecule has 0 saturated carbocycles. The van der Waals surface area contributed by atoms with E-state index in [2.05, 4.69) is 20.9 Å². The first-order valence-corrected chi connectivity index (χ1v) is 6.50. The van der Waals surface area contributed by atoms with Gasteiger partial charge < -0.3 is 4.74 Å². The van der Waals surface area contributed by atoms with Gasteiger partial charge in [0.1, 0.15) is 5.69 Å². The fraction of sp³-hybridized carbons (Fsp3) is 0.455. The molecule has 100 valence electrons. The molecule has 1 aromatic rings. The lowest BCUT2D eigenvalue weighted by molar-refractivity contribution is -0.142. The van der Waals surface area contributed by atoms with Crippen LogP contribution in [0.4, 0.5) is 8.78 Å². The Morgan fingerprint density at radius 1 is 1.61 bits per heavy atom. The molecule has 0 atom stereocenters. The van der Waals surface area contributed by atoms with Gasteiger partial charge in [0.15, 0.2) is 0 Å². The minimum absolute atomic E-state index is 0.0764. The highest BCUT2D eigenvalue weighted by molar-refractivity contribution is 9.10. The number of hydrogen-bond acceptors (Lipinski definition) is 3. The number of aromatic nitrogens is 1. The van der Waals surface area contributed by atoms with Crippen LogP contribution in [0, 0.1) is 0 Å². The number of pyridine rings is 1. The highest BCUT2D eigenvalue weighted by Gasteiger charge is 2.19. The smallest absolute Gasteiger partial charge is 0.311 e. The third kappa shape index (κ3) is 3.88. The van der Waals surface area contributed by atoms with Crippen LogP contribution in [0.25, 0.3) is 0 Å². The maximum atomic E-state index is 12.8. The minimum atomic E-state index is -2.74. The normalized spacial score (nSPS) is 10.8. The van der Waals surface area contributed by atoms with Gasteiger partial charge in [0.05, 0.1) is 24.6 Å². The molecule has 1 rings (SSSR count). The summed E-state index contributed by atoms with van der Waals surface area (Å²) in [6, 6.07) is 1.50. The van der Waals surface area contributed by atoms with Gasteiger partial charge in [-0.2, -0.15) is 0 Å². The zero-order chi connectivity index (χ0) is 13.7. The fourth-order valence-corrected chi connectivity index (χ4v) is 2.42. The number of esters is 1. The standard InChI is InChI=1S/C11H11BrClF2NO2/c1-2-18-9(17)4-6-3-8(12)7(5-13)10(16-6)11(14)15/h3,11H,2,4-5H2,1H3. The SMILES string of the molecule is CCOC(=O)Cc1cc(Br)c(CCl)c(C(F)F)n1. The first-order chi connectivity index (χ1) is 8.49. The zero-order valence-electron chi connectivity index (χ0n) is 9.55. The zero-order valence-corrected chi connectivity index (χ0v) is 11.9. The number of carbonyl (C=O) groups is 1. The van der Waals surface area contributed by atoms with Crippen molar-refractivity contribution in [2.45, 2.75) is 25.7 Å². The summed E-state index contributed by atoms with van der Waals surface area (Å²) in [7, 11) is 0. The number of carbonyl (C=O) groups excluding carboxylic acids is 1. The summed E-state index contributed by atoms with van der Waals surface area (Å²) in [5.74, 6) is -0.580. The highest BCUT2D eigenvalue weighted by Crippen LogP contribution is 2.29. The number of alkyl halides is 3. The largest absolute Gasteiger partial charge is 0.466 e. The molecule has 0 unspecified atom stereocenters. The Hall–Kier alpha value is -0.750. The van der Waals surface area contributed by atoms with Crippen LogP contribution in [0.1, 0.15) is 30.3 Å². The molecule has 0 spiro atoms. The lowest BCUT2D eigenvalue weighted by atomic mass is 10.1. The Labute approximate surface area is 117 Å². The van der Waals surface area contributed by atoms with Crippen LogP contribution in [0.2, 0.25) is 0 Å². The predicted octanol–water partition coefficient (Wildman–Crippen LogP) is 3.63. The Morgan fingerprint density at radius 2 is 2.28 bits per heavy atom. The van der Waals surface area contributed by atoms with Crippen molar-refractivity contribution < 1.29 is 18.3 Å². The Bertz CT molecular complexity index is 443. The average Bonchev–Trinajstić information content (AvgIpc) is 2.28. The molecule has 0 aliphatic heterocycles. The molecule has 1 heterocycles. The van der Waals surface area contributed by atoms with Crippen molar-refractivity contribution in [1.82, 2.24) is 4.98 Å². The van der Waals surface area contributed by atoms with E-state index in [1.54, 1.807) is 6.92 Å². The summed E-state index contributed by atoms with van der Waals surface area (Å²) in [5.41, 5.74) is 0.0578. The molecule has 0 aliphatic rings. The molecule has 0 aliphatic carbocycles. The maximum Gasteiger partial charge on any atom is 0.311 e. The van der Waals surface area contributed by atoms with Crippen molar-refractivity contribution in [3.05, 3.63) is 27.5 Å². The van der Waals surface area contributed by atoms with Crippen molar-refractivity contribution in [2.24, 2.45) is 0 Å². The lowest BCUT2D eigenvalue weighted by Gasteiger charge is -2.10. The van der Waals surface area contributed by atoms with Gasteiger partial charge in [-0.3, -0.25) is 9.78 Å². The van der Waals surface area contributed by atoms with Gasteiger partial charge in [-0.1, -0.05) is 15.9 Å². The van der Waals surface area contributed by atoms with Gasteiger partial charge in [0.25, 0.3) is 6.43 Å². The molecule has 18 heavy (non-hydrogen) atoms. The molecule has 0 amide bonds. The van der Waals surface area contributed by atoms with Gasteiger partial charge >= 0.3 is 5.97 Å². The molecule has 0 aromatic carbocycles. The summed E-state index contributed by atoms with van der Waals surface area (Å²) in [6.07, 6.45) is -2.88. The molecule has 0 radical (unpaired) electrons. The van der Waals surface area contributed by atoms with Crippen LogP contribution in [0.15, 0.2) is 10.5 Å². The van der Waals surface area contributed by atoms with Crippen molar-refractivity contribution in [1.29, 1.82) is 0 Å². The molecule has 3 nitrogen and oxygen atoms in total. The van der Waals surface area contributed by atoms with E-state index in [1.165, 1.54) is 6.07 Å². The number of halogens is 4. The molecule has 0 saturated heterocycles. The van der Waals surface area contributed by atoms with Crippen molar-refractivity contribution in [3.8, 4) is 0 Å². The van der Waals surface area contributed by atoms with E-state index in [0.717, 1.165) is 0 Å². The summed E-state index contributed by atoms with van der Waals surface area (Å²) in [5, 5.41) is 0. The monoisotopic (exact) mass is 341 g/mol. The highest BCUT2D eigenvalue weighted by atomic mass is 79.9. The van der Waals surface area contributed by atoms with Crippen LogP contribution in [0.5, 0.6) is 0 Å². The van der Waals surface area contributed by atoms with E-state index in [9.17, 15) is 13.6 Å². The quantitative estimate of drug-likeness (QED) is 0.606. The average molecular weight is 343 g/mol. The third-order valence-electron chi connectivity index (χ3n) is 2.13. The van der Waals surface area contributed by atoms with Crippen LogP contribution in [0.3, 0.4) is 0 Å². The number of nitrogens with zero attached hydrogens (tertiary/aromatic N) is 1. The molecule has 1 aromatic heterocycles. The molecule has 0 bridgehead atoms. The van der Waals surface area contributed by atoms with E-state index < -0.39 is 18.1 Å². The van der Waals surface area contributed by atoms with Crippen molar-refractivity contribution in [2.75, 3.05) is 6.61 Å². The van der Waals surface area contributed by atoms with E-state index >= 15 is 0 Å². The topological polar surface area (TPSA) is 39.2 Å². The second-order valence-electron chi connectivity index (χ2n) is 3.38. The molecule has 0 N–H and O–H groups in total. The molecule has 7 heteroatoms. The molecular weight excluding hydrogens is 331 g/mol. The van der Waals surface area contributed by atoms with Crippen LogP contribution in [-0.2, 0) is 21.8 Å². The van der Waals surface area contributed by atoms with Crippen molar-refractivity contribution >= 4 is 33.5 Å². The Kier molecular flexibility index (Phi) is 5.95. The van der Waals surface area contributed by atoms with Gasteiger partial charge in [-0.25, -0.2) is 8.78 Å². The minimum Gasteiger partial charge on any atom is -0.466 e. The Balaban J connectivity index is 3.05. The van der Waals surface area contributed by atoms with E-state index in [4.69, 9.17) is 16.3 Å². The maximum absolute atomic E-state index is 12.8. The van der Waals surface area contributed by atoms with Crippen LogP contribution in [-0.4, -0.2) is 17.6 Å². The predicted molar refractivity (Wildman–Crippen MR) is 66.8 cm³/mol. The lowest BCUT2D eigenvalue weighted by Crippen LogP contribution is -2.11. The fourth-order valence-electron chi connectivity index (χ4n) is 1.37. The molecule has 0 fully saturated rings. The third-order valence-corrected chi connectivity index (χ3v) is 3.10. The van der Waals surface area contributed by atoms with E-state index in [-0.39, 0.29) is 30.2 Å². The Morgan fingerprint density at radius 3 is 2.78 bits per heavy atom. The van der Waals surface area contributed by atoms with Crippen molar-refractivity contribution in [3.63, 3.8) is 0 Å². The second kappa shape index (κ2) is 6.99. The summed E-state index contributed by atoms with van der Waals surface area (Å²) in [4.78, 5) is 15.0. The first kappa shape index (κ1) is 15.3. The number of ether oxygens (including phenoxy) is 1. The van der Waals surface area contributed by atoms with Gasteiger partial charge in [0, 0.05) is 10.0 Å². The summed E-state index contributed by atoms with van der Waals surface area (Å²) < 4.78 is 30.8. The van der Waals surface area contributed by atoms with Crippen LogP contribution >= 0.6 is 27.5 Å². The number of rotatable bonds is 5.